The molecule has 0 heterocycles. The van der Waals surface area contributed by atoms with Crippen molar-refractivity contribution in [2.24, 2.45) is 5.41 Å². The number of halogens is 3. The highest BCUT2D eigenvalue weighted by atomic mass is 19.4. The molecule has 0 nitrogen and oxygen atoms in total. The number of rotatable bonds is 4. The van der Waals surface area contributed by atoms with E-state index < -0.39 is 11.7 Å². The van der Waals surface area contributed by atoms with Crippen molar-refractivity contribution in [3.8, 4) is 0 Å². The van der Waals surface area contributed by atoms with Crippen molar-refractivity contribution < 1.29 is 13.2 Å². The maximum absolute atomic E-state index is 12.8. The summed E-state index contributed by atoms with van der Waals surface area (Å²) >= 11 is 0. The number of hydrogen-bond acceptors (Lipinski definition) is 0. The summed E-state index contributed by atoms with van der Waals surface area (Å²) in [5.74, 6) is 0. The van der Waals surface area contributed by atoms with Crippen LogP contribution in [0.4, 0.5) is 13.2 Å². The largest absolute Gasteiger partial charge is 0.412 e. The highest BCUT2D eigenvalue weighted by molar-refractivity contribution is 5.41. The van der Waals surface area contributed by atoms with Crippen LogP contribution in [0.15, 0.2) is 47.1 Å². The van der Waals surface area contributed by atoms with Crippen LogP contribution in [-0.2, 0) is 0 Å². The molecule has 2 aliphatic rings. The summed E-state index contributed by atoms with van der Waals surface area (Å²) in [7, 11) is 0. The summed E-state index contributed by atoms with van der Waals surface area (Å²) < 4.78 is 38.3. The first-order valence-electron chi connectivity index (χ1n) is 7.78. The maximum atomic E-state index is 12.8. The van der Waals surface area contributed by atoms with Crippen molar-refractivity contribution in [1.82, 2.24) is 0 Å². The van der Waals surface area contributed by atoms with E-state index in [2.05, 4.69) is 32.1 Å². The second kappa shape index (κ2) is 6.25. The molecule has 0 unspecified atom stereocenters. The summed E-state index contributed by atoms with van der Waals surface area (Å²) in [6.07, 6.45) is 10.00. The molecule has 2 rings (SSSR count). The van der Waals surface area contributed by atoms with E-state index >= 15 is 0 Å². The van der Waals surface area contributed by atoms with Gasteiger partial charge in [-0.25, -0.2) is 0 Å². The zero-order chi connectivity index (χ0) is 15.5. The molecule has 0 saturated heterocycles. The summed E-state index contributed by atoms with van der Waals surface area (Å²) in [4.78, 5) is 0. The van der Waals surface area contributed by atoms with Gasteiger partial charge in [0.05, 0.1) is 0 Å². The quantitative estimate of drug-likeness (QED) is 0.573. The summed E-state index contributed by atoms with van der Waals surface area (Å²) in [5, 5.41) is 0. The number of alkyl halides is 3. The van der Waals surface area contributed by atoms with Gasteiger partial charge in [0, 0.05) is 11.0 Å². The second-order valence-corrected chi connectivity index (χ2v) is 5.81. The molecular weight excluding hydrogens is 273 g/mol. The first-order chi connectivity index (χ1) is 9.94. The zero-order valence-corrected chi connectivity index (χ0v) is 12.8. The van der Waals surface area contributed by atoms with Gasteiger partial charge in [-0.1, -0.05) is 49.8 Å². The lowest BCUT2D eigenvalue weighted by molar-refractivity contribution is -0.0942. The molecule has 0 aromatic heterocycles. The smallest absolute Gasteiger partial charge is 0.166 e. The lowest BCUT2D eigenvalue weighted by Crippen LogP contribution is -2.26. The predicted octanol–water partition coefficient (Wildman–Crippen LogP) is 6.28. The third kappa shape index (κ3) is 3.17. The van der Waals surface area contributed by atoms with Gasteiger partial charge in [0.15, 0.2) is 0 Å². The average Bonchev–Trinajstić information content (AvgIpc) is 2.50. The Kier molecular flexibility index (Phi) is 4.80. The Hall–Kier alpha value is -1.25. The van der Waals surface area contributed by atoms with Crippen molar-refractivity contribution in [2.75, 3.05) is 0 Å². The Bertz CT molecular complexity index is 497. The van der Waals surface area contributed by atoms with Crippen molar-refractivity contribution >= 4 is 0 Å². The average molecular weight is 296 g/mol. The van der Waals surface area contributed by atoms with Crippen LogP contribution in [0, 0.1) is 5.41 Å². The fourth-order valence-corrected chi connectivity index (χ4v) is 3.54. The maximum Gasteiger partial charge on any atom is 0.412 e. The van der Waals surface area contributed by atoms with Crippen molar-refractivity contribution in [2.45, 2.75) is 58.5 Å². The Balaban J connectivity index is 2.36. The van der Waals surface area contributed by atoms with E-state index in [-0.39, 0.29) is 11.8 Å². The minimum Gasteiger partial charge on any atom is -0.166 e. The fourth-order valence-electron chi connectivity index (χ4n) is 3.54. The Morgan fingerprint density at radius 2 is 1.57 bits per heavy atom. The first-order valence-corrected chi connectivity index (χ1v) is 7.78. The lowest BCUT2D eigenvalue weighted by atomic mass is 9.66. The predicted molar refractivity (Wildman–Crippen MR) is 80.9 cm³/mol. The zero-order valence-electron chi connectivity index (χ0n) is 12.8. The highest BCUT2D eigenvalue weighted by Gasteiger charge is 2.38. The van der Waals surface area contributed by atoms with Crippen LogP contribution in [0.3, 0.4) is 0 Å². The minimum atomic E-state index is -4.19. The standard InChI is InChI=1S/C18H23F3/c1-3-17(4-2,14-8-6-5-7-9-14)15-10-12-16(13-11-15)18(19,20)21/h6,8-10,12H,3-5,7,11,13H2,1-2H3. The normalized spacial score (nSPS) is 20.0. The van der Waals surface area contributed by atoms with Crippen LogP contribution in [0.1, 0.15) is 52.4 Å². The van der Waals surface area contributed by atoms with E-state index in [4.69, 9.17) is 0 Å². The molecule has 21 heavy (non-hydrogen) atoms. The molecule has 0 bridgehead atoms. The van der Waals surface area contributed by atoms with Gasteiger partial charge in [-0.2, -0.15) is 13.2 Å². The number of hydrogen-bond donors (Lipinski definition) is 0. The van der Waals surface area contributed by atoms with Gasteiger partial charge in [-0.15, -0.1) is 0 Å². The fraction of sp³-hybridized carbons (Fsp3) is 0.556. The number of allylic oxidation sites excluding steroid dienone is 8. The van der Waals surface area contributed by atoms with Crippen LogP contribution in [0.25, 0.3) is 0 Å². The lowest BCUT2D eigenvalue weighted by Gasteiger charge is -2.38. The van der Waals surface area contributed by atoms with E-state index in [1.54, 1.807) is 6.08 Å². The second-order valence-electron chi connectivity index (χ2n) is 5.81. The molecule has 0 radical (unpaired) electrons. The van der Waals surface area contributed by atoms with Gasteiger partial charge in [-0.3, -0.25) is 0 Å². The van der Waals surface area contributed by atoms with Gasteiger partial charge in [0.2, 0.25) is 0 Å². The molecule has 2 aliphatic carbocycles. The molecule has 0 amide bonds. The SMILES string of the molecule is CCC(CC)(C1=CCCC=C1)C1=CC=C(C(F)(F)F)CC1. The molecule has 0 saturated carbocycles. The van der Waals surface area contributed by atoms with Crippen molar-refractivity contribution in [3.63, 3.8) is 0 Å². The van der Waals surface area contributed by atoms with Crippen LogP contribution in [0.2, 0.25) is 0 Å². The minimum absolute atomic E-state index is 0.0927. The molecule has 0 spiro atoms. The molecule has 0 fully saturated rings. The van der Waals surface area contributed by atoms with E-state index in [0.29, 0.717) is 6.42 Å². The molecular formula is C18H23F3. The monoisotopic (exact) mass is 296 g/mol. The van der Waals surface area contributed by atoms with E-state index in [1.165, 1.54) is 11.6 Å². The molecule has 0 aliphatic heterocycles. The van der Waals surface area contributed by atoms with E-state index in [1.807, 2.05) is 0 Å². The first kappa shape index (κ1) is 16.1. The summed E-state index contributed by atoms with van der Waals surface area (Å²) in [6, 6.07) is 0. The molecule has 0 aromatic rings. The Labute approximate surface area is 125 Å². The molecule has 0 atom stereocenters. The topological polar surface area (TPSA) is 0 Å². The third-order valence-electron chi connectivity index (χ3n) is 4.88. The summed E-state index contributed by atoms with van der Waals surface area (Å²) in [5.41, 5.74) is 1.94. The Morgan fingerprint density at radius 1 is 0.952 bits per heavy atom. The Morgan fingerprint density at radius 3 is 2.00 bits per heavy atom. The van der Waals surface area contributed by atoms with E-state index in [9.17, 15) is 13.2 Å². The van der Waals surface area contributed by atoms with Crippen molar-refractivity contribution in [1.29, 1.82) is 0 Å². The van der Waals surface area contributed by atoms with Gasteiger partial charge < -0.3 is 0 Å². The molecule has 3 heteroatoms. The van der Waals surface area contributed by atoms with Crippen LogP contribution in [0.5, 0.6) is 0 Å². The van der Waals surface area contributed by atoms with Gasteiger partial charge in [0.1, 0.15) is 0 Å². The summed E-state index contributed by atoms with van der Waals surface area (Å²) in [6.45, 7) is 4.27. The van der Waals surface area contributed by atoms with Crippen LogP contribution < -0.4 is 0 Å². The van der Waals surface area contributed by atoms with Crippen molar-refractivity contribution in [3.05, 3.63) is 47.1 Å². The third-order valence-corrected chi connectivity index (χ3v) is 4.88. The molecule has 0 aromatic carbocycles. The van der Waals surface area contributed by atoms with E-state index in [0.717, 1.165) is 31.3 Å². The van der Waals surface area contributed by atoms with Crippen LogP contribution >= 0.6 is 0 Å². The highest BCUT2D eigenvalue weighted by Crippen LogP contribution is 2.48. The van der Waals surface area contributed by atoms with Gasteiger partial charge >= 0.3 is 6.18 Å². The molecule has 116 valence electrons. The van der Waals surface area contributed by atoms with Gasteiger partial charge in [0.25, 0.3) is 0 Å². The van der Waals surface area contributed by atoms with Gasteiger partial charge in [-0.05, 0) is 44.1 Å². The molecule has 0 N–H and O–H groups in total. The van der Waals surface area contributed by atoms with Crippen LogP contribution in [-0.4, -0.2) is 6.18 Å².